The van der Waals surface area contributed by atoms with Crippen molar-refractivity contribution in [2.45, 2.75) is 19.9 Å². The van der Waals surface area contributed by atoms with Crippen molar-refractivity contribution < 1.29 is 9.59 Å². The summed E-state index contributed by atoms with van der Waals surface area (Å²) in [5, 5.41) is 4.47. The van der Waals surface area contributed by atoms with Gasteiger partial charge in [0, 0.05) is 33.9 Å². The molecule has 0 aliphatic heterocycles. The SMILES string of the molecule is CCN(C(=O)C(C)N(C)C(=O)N(C)C)c1cn(-c2cccnc2)nc1Cl. The topological polar surface area (TPSA) is 74.6 Å². The van der Waals surface area contributed by atoms with E-state index in [0.29, 0.717) is 12.2 Å². The number of nitrogens with zero attached hydrogens (tertiary/aromatic N) is 6. The Morgan fingerprint density at radius 1 is 1.31 bits per heavy atom. The second-order valence-electron chi connectivity index (χ2n) is 6.01. The highest BCUT2D eigenvalue weighted by atomic mass is 35.5. The summed E-state index contributed by atoms with van der Waals surface area (Å²) in [5.74, 6) is -0.238. The molecule has 2 rings (SSSR count). The average molecular weight is 379 g/mol. The van der Waals surface area contributed by atoms with Crippen LogP contribution in [-0.4, -0.2) is 70.2 Å². The van der Waals surface area contributed by atoms with Crippen molar-refractivity contribution in [3.05, 3.63) is 35.9 Å². The van der Waals surface area contributed by atoms with E-state index in [2.05, 4.69) is 10.1 Å². The van der Waals surface area contributed by atoms with Crippen molar-refractivity contribution in [3.8, 4) is 5.69 Å². The lowest BCUT2D eigenvalue weighted by molar-refractivity contribution is -0.122. The monoisotopic (exact) mass is 378 g/mol. The fourth-order valence-electron chi connectivity index (χ4n) is 2.46. The lowest BCUT2D eigenvalue weighted by Crippen LogP contribution is -2.50. The third-order valence-corrected chi connectivity index (χ3v) is 4.33. The summed E-state index contributed by atoms with van der Waals surface area (Å²) in [6, 6.07) is 2.73. The van der Waals surface area contributed by atoms with Crippen LogP contribution in [0.1, 0.15) is 13.8 Å². The van der Waals surface area contributed by atoms with Crippen LogP contribution in [0.3, 0.4) is 0 Å². The Morgan fingerprint density at radius 2 is 2.00 bits per heavy atom. The Kier molecular flexibility index (Phi) is 6.20. The molecule has 2 heterocycles. The first-order chi connectivity index (χ1) is 12.3. The number of carbonyl (C=O) groups is 2. The van der Waals surface area contributed by atoms with Crippen LogP contribution in [0.2, 0.25) is 5.15 Å². The molecule has 140 valence electrons. The molecule has 9 heteroatoms. The van der Waals surface area contributed by atoms with Gasteiger partial charge in [0.15, 0.2) is 5.15 Å². The van der Waals surface area contributed by atoms with Crippen molar-refractivity contribution in [1.82, 2.24) is 24.6 Å². The number of anilines is 1. The minimum atomic E-state index is -0.650. The van der Waals surface area contributed by atoms with E-state index in [1.54, 1.807) is 57.4 Å². The molecule has 2 aromatic rings. The van der Waals surface area contributed by atoms with E-state index in [9.17, 15) is 9.59 Å². The van der Waals surface area contributed by atoms with Crippen molar-refractivity contribution in [2.75, 3.05) is 32.6 Å². The van der Waals surface area contributed by atoms with Gasteiger partial charge in [-0.2, -0.15) is 5.10 Å². The molecule has 0 aliphatic carbocycles. The van der Waals surface area contributed by atoms with Crippen molar-refractivity contribution in [3.63, 3.8) is 0 Å². The number of halogens is 1. The molecule has 1 unspecified atom stereocenters. The van der Waals surface area contributed by atoms with E-state index in [-0.39, 0.29) is 17.1 Å². The van der Waals surface area contributed by atoms with Gasteiger partial charge in [-0.3, -0.25) is 9.78 Å². The molecule has 3 amide bonds. The van der Waals surface area contributed by atoms with Gasteiger partial charge in [-0.05, 0) is 26.0 Å². The van der Waals surface area contributed by atoms with Gasteiger partial charge >= 0.3 is 6.03 Å². The van der Waals surface area contributed by atoms with Gasteiger partial charge in [0.05, 0.1) is 18.1 Å². The van der Waals surface area contributed by atoms with Crippen LogP contribution < -0.4 is 4.90 Å². The van der Waals surface area contributed by atoms with E-state index in [4.69, 9.17) is 11.6 Å². The Hall–Kier alpha value is -2.61. The van der Waals surface area contributed by atoms with Crippen LogP contribution in [0.4, 0.5) is 10.5 Å². The molecule has 0 saturated heterocycles. The molecule has 0 aliphatic rings. The first-order valence-electron chi connectivity index (χ1n) is 8.19. The molecule has 2 aromatic heterocycles. The quantitative estimate of drug-likeness (QED) is 0.799. The maximum absolute atomic E-state index is 12.9. The summed E-state index contributed by atoms with van der Waals surface area (Å²) in [5.41, 5.74) is 1.22. The summed E-state index contributed by atoms with van der Waals surface area (Å²) < 4.78 is 1.57. The molecule has 0 radical (unpaired) electrons. The summed E-state index contributed by atoms with van der Waals surface area (Å²) in [7, 11) is 4.88. The van der Waals surface area contributed by atoms with Gasteiger partial charge in [0.1, 0.15) is 11.7 Å². The number of likely N-dealkylation sites (N-methyl/N-ethyl adjacent to an activating group) is 2. The fourth-order valence-corrected chi connectivity index (χ4v) is 2.70. The van der Waals surface area contributed by atoms with E-state index < -0.39 is 6.04 Å². The van der Waals surface area contributed by atoms with Crippen LogP contribution in [0.5, 0.6) is 0 Å². The minimum absolute atomic E-state index is 0.206. The largest absolute Gasteiger partial charge is 0.331 e. The second-order valence-corrected chi connectivity index (χ2v) is 6.37. The van der Waals surface area contributed by atoms with Gasteiger partial charge in [-0.25, -0.2) is 9.48 Å². The highest BCUT2D eigenvalue weighted by molar-refractivity contribution is 6.32. The fraction of sp³-hybridized carbons (Fsp3) is 0.412. The Balaban J connectivity index is 2.29. The molecule has 0 N–H and O–H groups in total. The molecule has 26 heavy (non-hydrogen) atoms. The smallest absolute Gasteiger partial charge is 0.319 e. The maximum Gasteiger partial charge on any atom is 0.319 e. The Morgan fingerprint density at radius 3 is 2.54 bits per heavy atom. The minimum Gasteiger partial charge on any atom is -0.331 e. The van der Waals surface area contributed by atoms with Crippen molar-refractivity contribution in [2.24, 2.45) is 0 Å². The number of pyridine rings is 1. The zero-order valence-corrected chi connectivity index (χ0v) is 16.3. The highest BCUT2D eigenvalue weighted by Gasteiger charge is 2.29. The number of hydrogen-bond donors (Lipinski definition) is 0. The number of amides is 3. The third-order valence-electron chi connectivity index (χ3n) is 4.06. The Bertz CT molecular complexity index is 777. The molecule has 0 saturated carbocycles. The lowest BCUT2D eigenvalue weighted by Gasteiger charge is -2.30. The zero-order valence-electron chi connectivity index (χ0n) is 15.5. The van der Waals surface area contributed by atoms with E-state index in [0.717, 1.165) is 5.69 Å². The number of aromatic nitrogens is 3. The van der Waals surface area contributed by atoms with Gasteiger partial charge in [-0.15, -0.1) is 0 Å². The van der Waals surface area contributed by atoms with Crippen LogP contribution in [0, 0.1) is 0 Å². The lowest BCUT2D eigenvalue weighted by atomic mass is 10.2. The van der Waals surface area contributed by atoms with Crippen molar-refractivity contribution >= 4 is 29.2 Å². The standard InChI is InChI=1S/C17H23ClN6O2/c1-6-23(16(25)12(2)22(5)17(26)21(3)4)14-11-24(20-15(14)18)13-8-7-9-19-10-13/h7-12H,6H2,1-5H3. The van der Waals surface area contributed by atoms with Crippen LogP contribution >= 0.6 is 11.6 Å². The average Bonchev–Trinajstić information content (AvgIpc) is 3.02. The van der Waals surface area contributed by atoms with E-state index in [1.165, 1.54) is 14.7 Å². The molecule has 0 bridgehead atoms. The number of urea groups is 1. The molecule has 0 spiro atoms. The van der Waals surface area contributed by atoms with Gasteiger partial charge in [0.2, 0.25) is 5.91 Å². The van der Waals surface area contributed by atoms with Crippen molar-refractivity contribution in [1.29, 1.82) is 0 Å². The third kappa shape index (κ3) is 3.96. The van der Waals surface area contributed by atoms with E-state index >= 15 is 0 Å². The predicted molar refractivity (Wildman–Crippen MR) is 101 cm³/mol. The van der Waals surface area contributed by atoms with Gasteiger partial charge in [-0.1, -0.05) is 11.6 Å². The number of hydrogen-bond acceptors (Lipinski definition) is 4. The zero-order chi connectivity index (χ0) is 19.4. The molecular formula is C17H23ClN6O2. The summed E-state index contributed by atoms with van der Waals surface area (Å²) in [6.07, 6.45) is 5.00. The first-order valence-corrected chi connectivity index (χ1v) is 8.56. The normalized spacial score (nSPS) is 11.8. The predicted octanol–water partition coefficient (Wildman–Crippen LogP) is 2.28. The molecule has 0 aromatic carbocycles. The van der Waals surface area contributed by atoms with Crippen LogP contribution in [-0.2, 0) is 4.79 Å². The highest BCUT2D eigenvalue weighted by Crippen LogP contribution is 2.27. The number of rotatable bonds is 5. The summed E-state index contributed by atoms with van der Waals surface area (Å²) in [6.45, 7) is 3.92. The number of carbonyl (C=O) groups excluding carboxylic acids is 2. The maximum atomic E-state index is 12.9. The summed E-state index contributed by atoms with van der Waals surface area (Å²) >= 11 is 6.27. The van der Waals surface area contributed by atoms with Gasteiger partial charge in [0.25, 0.3) is 0 Å². The summed E-state index contributed by atoms with van der Waals surface area (Å²) in [4.78, 5) is 33.5. The Labute approximate surface area is 158 Å². The van der Waals surface area contributed by atoms with Gasteiger partial charge < -0.3 is 14.7 Å². The molecule has 8 nitrogen and oxygen atoms in total. The molecule has 1 atom stereocenters. The molecule has 0 fully saturated rings. The van der Waals surface area contributed by atoms with Crippen LogP contribution in [0.25, 0.3) is 5.69 Å². The molecular weight excluding hydrogens is 356 g/mol. The van der Waals surface area contributed by atoms with Crippen LogP contribution in [0.15, 0.2) is 30.7 Å². The second kappa shape index (κ2) is 8.18. The first kappa shape index (κ1) is 19.7. The van der Waals surface area contributed by atoms with E-state index in [1.807, 2.05) is 13.0 Å².